The molecule has 0 saturated carbocycles. The molecule has 0 aliphatic carbocycles. The molecule has 4 nitrogen and oxygen atoms in total. The summed E-state index contributed by atoms with van der Waals surface area (Å²) in [6.45, 7) is 7.39. The van der Waals surface area contributed by atoms with Gasteiger partial charge in [0.15, 0.2) is 0 Å². The molecular weight excluding hydrogens is 212 g/mol. The fourth-order valence-corrected chi connectivity index (χ4v) is 2.25. The first kappa shape index (κ1) is 10.5. The number of fused-ring (bicyclic) bond motifs is 1. The van der Waals surface area contributed by atoms with E-state index < -0.39 is 0 Å². The summed E-state index contributed by atoms with van der Waals surface area (Å²) >= 11 is 6.10. The smallest absolute Gasteiger partial charge is 0.223 e. The molecule has 0 saturated heterocycles. The average molecular weight is 227 g/mol. The molecule has 5 heteroatoms. The third-order valence-electron chi connectivity index (χ3n) is 2.78. The minimum Gasteiger partial charge on any atom is -0.369 e. The molecule has 1 unspecified atom stereocenters. The second-order valence-electron chi connectivity index (χ2n) is 4.93. The quantitative estimate of drug-likeness (QED) is 0.667. The van der Waals surface area contributed by atoms with E-state index in [4.69, 9.17) is 17.3 Å². The van der Waals surface area contributed by atoms with Crippen LogP contribution in [0.2, 0.25) is 5.15 Å². The molecule has 0 spiro atoms. The molecule has 0 aromatic carbocycles. The van der Waals surface area contributed by atoms with Gasteiger partial charge in [-0.2, -0.15) is 4.98 Å². The summed E-state index contributed by atoms with van der Waals surface area (Å²) in [5.41, 5.74) is 6.68. The van der Waals surface area contributed by atoms with Crippen molar-refractivity contribution in [2.24, 2.45) is 5.41 Å². The first-order chi connectivity index (χ1) is 6.89. The molecule has 3 N–H and O–H groups in total. The lowest BCUT2D eigenvalue weighted by atomic mass is 9.78. The Morgan fingerprint density at radius 3 is 2.67 bits per heavy atom. The van der Waals surface area contributed by atoms with Crippen LogP contribution in [0.4, 0.5) is 11.8 Å². The largest absolute Gasteiger partial charge is 0.369 e. The average Bonchev–Trinajstić information content (AvgIpc) is 2.45. The summed E-state index contributed by atoms with van der Waals surface area (Å²) in [6.07, 6.45) is 0. The van der Waals surface area contributed by atoms with Crippen LogP contribution in [0.15, 0.2) is 0 Å². The third kappa shape index (κ3) is 1.74. The summed E-state index contributed by atoms with van der Waals surface area (Å²) in [6, 6.07) is 0. The van der Waals surface area contributed by atoms with Gasteiger partial charge in [-0.15, -0.1) is 0 Å². The van der Waals surface area contributed by atoms with Crippen LogP contribution in [0.1, 0.15) is 32.3 Å². The topological polar surface area (TPSA) is 63.8 Å². The van der Waals surface area contributed by atoms with E-state index in [1.54, 1.807) is 0 Å². The van der Waals surface area contributed by atoms with E-state index in [2.05, 4.69) is 36.1 Å². The molecule has 2 heterocycles. The Kier molecular flexibility index (Phi) is 2.26. The molecule has 1 atom stereocenters. The number of nitrogen functional groups attached to an aromatic ring is 1. The fraction of sp³-hybridized carbons (Fsp3) is 0.600. The van der Waals surface area contributed by atoms with Crippen molar-refractivity contribution in [3.63, 3.8) is 0 Å². The van der Waals surface area contributed by atoms with Gasteiger partial charge >= 0.3 is 0 Å². The van der Waals surface area contributed by atoms with Crippen LogP contribution in [0.3, 0.4) is 0 Å². The number of rotatable bonds is 0. The summed E-state index contributed by atoms with van der Waals surface area (Å²) < 4.78 is 0. The van der Waals surface area contributed by atoms with Gasteiger partial charge in [0.25, 0.3) is 0 Å². The monoisotopic (exact) mass is 226 g/mol. The molecular formula is C10H15ClN4. The van der Waals surface area contributed by atoms with Gasteiger partial charge in [0.2, 0.25) is 5.95 Å². The second kappa shape index (κ2) is 3.23. The molecule has 0 radical (unpaired) electrons. The number of nitrogens with zero attached hydrogens (tertiary/aromatic N) is 2. The Labute approximate surface area is 94.2 Å². The van der Waals surface area contributed by atoms with Crippen molar-refractivity contribution in [2.75, 3.05) is 17.6 Å². The van der Waals surface area contributed by atoms with E-state index in [1.807, 2.05) is 0 Å². The lowest BCUT2D eigenvalue weighted by molar-refractivity contribution is 0.339. The first-order valence-electron chi connectivity index (χ1n) is 4.96. The molecule has 1 aliphatic heterocycles. The number of nitrogens with two attached hydrogens (primary N) is 1. The van der Waals surface area contributed by atoms with Crippen LogP contribution in [0.25, 0.3) is 0 Å². The SMILES string of the molecule is CC(C)(C)C1CNc2nc(N)nc(Cl)c21. The molecule has 1 aliphatic rings. The number of aromatic nitrogens is 2. The lowest BCUT2D eigenvalue weighted by Gasteiger charge is -2.26. The van der Waals surface area contributed by atoms with Crippen molar-refractivity contribution in [2.45, 2.75) is 26.7 Å². The number of halogens is 1. The highest BCUT2D eigenvalue weighted by Gasteiger charge is 2.35. The van der Waals surface area contributed by atoms with Crippen LogP contribution in [-0.4, -0.2) is 16.5 Å². The number of anilines is 2. The van der Waals surface area contributed by atoms with Crippen LogP contribution in [-0.2, 0) is 0 Å². The summed E-state index contributed by atoms with van der Waals surface area (Å²) in [7, 11) is 0. The van der Waals surface area contributed by atoms with Crippen molar-refractivity contribution >= 4 is 23.4 Å². The van der Waals surface area contributed by atoms with E-state index in [9.17, 15) is 0 Å². The molecule has 1 aromatic heterocycles. The van der Waals surface area contributed by atoms with Gasteiger partial charge < -0.3 is 11.1 Å². The zero-order valence-corrected chi connectivity index (χ0v) is 9.89. The van der Waals surface area contributed by atoms with Gasteiger partial charge in [0.05, 0.1) is 0 Å². The third-order valence-corrected chi connectivity index (χ3v) is 3.07. The predicted molar refractivity (Wildman–Crippen MR) is 62.1 cm³/mol. The van der Waals surface area contributed by atoms with E-state index in [0.717, 1.165) is 17.9 Å². The van der Waals surface area contributed by atoms with Gasteiger partial charge in [-0.3, -0.25) is 0 Å². The second-order valence-corrected chi connectivity index (χ2v) is 5.29. The minimum atomic E-state index is 0.140. The van der Waals surface area contributed by atoms with Crippen molar-refractivity contribution in [3.8, 4) is 0 Å². The molecule has 0 bridgehead atoms. The van der Waals surface area contributed by atoms with Crippen LogP contribution in [0.5, 0.6) is 0 Å². The predicted octanol–water partition coefficient (Wildman–Crippen LogP) is 2.27. The zero-order valence-electron chi connectivity index (χ0n) is 9.13. The minimum absolute atomic E-state index is 0.140. The maximum atomic E-state index is 6.10. The van der Waals surface area contributed by atoms with Gasteiger partial charge in [0.1, 0.15) is 11.0 Å². The molecule has 1 aromatic rings. The van der Waals surface area contributed by atoms with Crippen molar-refractivity contribution in [1.29, 1.82) is 0 Å². The van der Waals surface area contributed by atoms with E-state index in [1.165, 1.54) is 0 Å². The van der Waals surface area contributed by atoms with Crippen molar-refractivity contribution in [1.82, 2.24) is 9.97 Å². The number of hydrogen-bond donors (Lipinski definition) is 2. The Morgan fingerprint density at radius 2 is 2.07 bits per heavy atom. The molecule has 0 fully saturated rings. The van der Waals surface area contributed by atoms with E-state index in [-0.39, 0.29) is 11.4 Å². The summed E-state index contributed by atoms with van der Waals surface area (Å²) in [5.74, 6) is 1.34. The Hall–Kier alpha value is -1.03. The number of nitrogens with one attached hydrogen (secondary N) is 1. The lowest BCUT2D eigenvalue weighted by Crippen LogP contribution is -2.20. The molecule has 0 amide bonds. The number of hydrogen-bond acceptors (Lipinski definition) is 4. The van der Waals surface area contributed by atoms with Crippen LogP contribution >= 0.6 is 11.6 Å². The van der Waals surface area contributed by atoms with Crippen LogP contribution < -0.4 is 11.1 Å². The maximum absolute atomic E-state index is 6.10. The van der Waals surface area contributed by atoms with Gasteiger partial charge in [-0.05, 0) is 5.41 Å². The summed E-state index contributed by atoms with van der Waals surface area (Å²) in [5, 5.41) is 3.70. The van der Waals surface area contributed by atoms with Crippen molar-refractivity contribution in [3.05, 3.63) is 10.7 Å². The van der Waals surface area contributed by atoms with E-state index >= 15 is 0 Å². The van der Waals surface area contributed by atoms with Crippen LogP contribution in [0, 0.1) is 5.41 Å². The Bertz CT molecular complexity index is 397. The molecule has 2 rings (SSSR count). The summed E-state index contributed by atoms with van der Waals surface area (Å²) in [4.78, 5) is 8.15. The highest BCUT2D eigenvalue weighted by atomic mass is 35.5. The van der Waals surface area contributed by atoms with E-state index in [0.29, 0.717) is 11.1 Å². The zero-order chi connectivity index (χ0) is 11.2. The van der Waals surface area contributed by atoms with Gasteiger partial charge in [-0.1, -0.05) is 32.4 Å². The van der Waals surface area contributed by atoms with Gasteiger partial charge in [-0.25, -0.2) is 4.98 Å². The Morgan fingerprint density at radius 1 is 1.40 bits per heavy atom. The standard InChI is InChI=1S/C10H15ClN4/c1-10(2,3)5-4-13-8-6(5)7(11)14-9(12)15-8/h5H,4H2,1-3H3,(H3,12,13,14,15). The van der Waals surface area contributed by atoms with Gasteiger partial charge in [0, 0.05) is 18.0 Å². The highest BCUT2D eigenvalue weighted by Crippen LogP contribution is 2.44. The fourth-order valence-electron chi connectivity index (χ4n) is 1.94. The maximum Gasteiger partial charge on any atom is 0.223 e. The molecule has 15 heavy (non-hydrogen) atoms. The van der Waals surface area contributed by atoms with Crippen molar-refractivity contribution < 1.29 is 0 Å². The Balaban J connectivity index is 2.51. The normalized spacial score (nSPS) is 19.9. The highest BCUT2D eigenvalue weighted by molar-refractivity contribution is 6.30. The first-order valence-corrected chi connectivity index (χ1v) is 5.34. The molecule has 82 valence electrons.